The van der Waals surface area contributed by atoms with E-state index in [0.717, 1.165) is 5.92 Å². The normalized spacial score (nSPS) is 14.5. The first-order chi connectivity index (χ1) is 5.02. The molecule has 0 fully saturated rings. The zero-order chi connectivity index (χ0) is 8.85. The summed E-state index contributed by atoms with van der Waals surface area (Å²) in [6.07, 6.45) is 2.39. The van der Waals surface area contributed by atoms with E-state index in [1.54, 1.807) is 0 Å². The Labute approximate surface area is 66.5 Å². The van der Waals surface area contributed by atoms with E-state index in [4.69, 9.17) is 0 Å². The zero-order valence-electron chi connectivity index (χ0n) is 7.05. The Hall–Kier alpha value is -1.12. The molecule has 0 aliphatic carbocycles. The van der Waals surface area contributed by atoms with Crippen LogP contribution in [0.15, 0.2) is 12.2 Å². The van der Waals surface area contributed by atoms with Gasteiger partial charge >= 0.3 is 0 Å². The number of amides is 2. The van der Waals surface area contributed by atoms with E-state index in [1.165, 1.54) is 12.2 Å². The molecule has 1 aliphatic rings. The van der Waals surface area contributed by atoms with E-state index < -0.39 is 0 Å². The predicted molar refractivity (Wildman–Crippen MR) is 42.8 cm³/mol. The van der Waals surface area contributed by atoms with E-state index in [2.05, 4.69) is 20.8 Å². The molecule has 1 aliphatic heterocycles. The fraction of sp³-hybridized carbons (Fsp3) is 0.500. The van der Waals surface area contributed by atoms with Gasteiger partial charge in [-0.25, -0.2) is 0 Å². The summed E-state index contributed by atoms with van der Waals surface area (Å²) in [6.45, 7) is 6.50. The number of rotatable bonds is 0. The van der Waals surface area contributed by atoms with Crippen LogP contribution in [0, 0.1) is 5.92 Å². The van der Waals surface area contributed by atoms with Crippen LogP contribution in [-0.2, 0) is 9.59 Å². The number of carbonyl (C=O) groups excluding carboxylic acids is 2. The Morgan fingerprint density at radius 2 is 1.36 bits per heavy atom. The minimum Gasteiger partial charge on any atom is -0.289 e. The van der Waals surface area contributed by atoms with E-state index >= 15 is 0 Å². The molecule has 11 heavy (non-hydrogen) atoms. The van der Waals surface area contributed by atoms with Crippen molar-refractivity contribution < 1.29 is 9.59 Å². The highest BCUT2D eigenvalue weighted by Crippen LogP contribution is 1.82. The highest BCUT2D eigenvalue weighted by molar-refractivity contribution is 6.12. The molecule has 1 N–H and O–H groups in total. The first kappa shape index (κ1) is 9.88. The van der Waals surface area contributed by atoms with Gasteiger partial charge in [-0.15, -0.1) is 0 Å². The molecular formula is C8H13NO2. The Kier molecular flexibility index (Phi) is 4.18. The fourth-order valence-corrected chi connectivity index (χ4v) is 0.356. The molecule has 0 atom stereocenters. The molecule has 0 radical (unpaired) electrons. The van der Waals surface area contributed by atoms with Crippen LogP contribution in [0.1, 0.15) is 20.8 Å². The Balaban J connectivity index is 0.000000218. The van der Waals surface area contributed by atoms with Crippen LogP contribution in [0.4, 0.5) is 0 Å². The quantitative estimate of drug-likeness (QED) is 0.527. The molecule has 3 heteroatoms. The van der Waals surface area contributed by atoms with Crippen LogP contribution < -0.4 is 5.32 Å². The van der Waals surface area contributed by atoms with E-state index in [-0.39, 0.29) is 11.8 Å². The third-order valence-electron chi connectivity index (χ3n) is 0.632. The summed E-state index contributed by atoms with van der Waals surface area (Å²) < 4.78 is 0. The molecule has 3 nitrogen and oxygen atoms in total. The summed E-state index contributed by atoms with van der Waals surface area (Å²) in [5.74, 6) is 0.176. The van der Waals surface area contributed by atoms with Gasteiger partial charge in [0.15, 0.2) is 0 Å². The summed E-state index contributed by atoms with van der Waals surface area (Å²) >= 11 is 0. The zero-order valence-corrected chi connectivity index (χ0v) is 7.05. The molecule has 0 bridgehead atoms. The number of nitrogens with one attached hydrogen (secondary N) is 1. The van der Waals surface area contributed by atoms with Crippen LogP contribution >= 0.6 is 0 Å². The maximum Gasteiger partial charge on any atom is 0.250 e. The minimum absolute atomic E-state index is 0.329. The van der Waals surface area contributed by atoms with Crippen molar-refractivity contribution in [3.8, 4) is 0 Å². The molecule has 1 rings (SSSR count). The van der Waals surface area contributed by atoms with Gasteiger partial charge in [-0.2, -0.15) is 0 Å². The van der Waals surface area contributed by atoms with Crippen molar-refractivity contribution in [1.29, 1.82) is 0 Å². The molecule has 0 saturated heterocycles. The van der Waals surface area contributed by atoms with Gasteiger partial charge in [0.1, 0.15) is 0 Å². The fourth-order valence-electron chi connectivity index (χ4n) is 0.356. The molecule has 0 aromatic carbocycles. The summed E-state index contributed by atoms with van der Waals surface area (Å²) in [6, 6.07) is 0. The van der Waals surface area contributed by atoms with Gasteiger partial charge in [0, 0.05) is 12.2 Å². The van der Waals surface area contributed by atoms with Gasteiger partial charge in [-0.3, -0.25) is 14.9 Å². The first-order valence-electron chi connectivity index (χ1n) is 3.55. The average molecular weight is 155 g/mol. The van der Waals surface area contributed by atoms with Crippen LogP contribution in [-0.4, -0.2) is 11.8 Å². The van der Waals surface area contributed by atoms with Gasteiger partial charge in [-0.05, 0) is 5.92 Å². The number of carbonyl (C=O) groups is 2. The van der Waals surface area contributed by atoms with Gasteiger partial charge in [0.05, 0.1) is 0 Å². The van der Waals surface area contributed by atoms with Crippen molar-refractivity contribution in [3.05, 3.63) is 12.2 Å². The van der Waals surface area contributed by atoms with Crippen LogP contribution in [0.2, 0.25) is 0 Å². The Bertz CT molecular complexity index is 164. The molecule has 0 aromatic rings. The Morgan fingerprint density at radius 3 is 1.45 bits per heavy atom. The van der Waals surface area contributed by atoms with Crippen molar-refractivity contribution >= 4 is 11.8 Å². The molecule has 0 saturated carbocycles. The van der Waals surface area contributed by atoms with E-state index in [0.29, 0.717) is 0 Å². The molecule has 2 amide bonds. The maximum absolute atomic E-state index is 10.0. The van der Waals surface area contributed by atoms with Crippen LogP contribution in [0.25, 0.3) is 0 Å². The highest BCUT2D eigenvalue weighted by Gasteiger charge is 2.06. The van der Waals surface area contributed by atoms with Gasteiger partial charge < -0.3 is 0 Å². The van der Waals surface area contributed by atoms with Crippen molar-refractivity contribution in [3.63, 3.8) is 0 Å². The third kappa shape index (κ3) is 6.77. The minimum atomic E-state index is -0.329. The average Bonchev–Trinajstić information content (AvgIpc) is 2.13. The summed E-state index contributed by atoms with van der Waals surface area (Å²) in [7, 11) is 0. The van der Waals surface area contributed by atoms with Crippen molar-refractivity contribution in [1.82, 2.24) is 5.32 Å². The monoisotopic (exact) mass is 155 g/mol. The lowest BCUT2D eigenvalue weighted by Crippen LogP contribution is -2.19. The maximum atomic E-state index is 10.0. The van der Waals surface area contributed by atoms with Gasteiger partial charge in [-0.1, -0.05) is 20.8 Å². The summed E-state index contributed by atoms with van der Waals surface area (Å²) in [5.41, 5.74) is 0. The van der Waals surface area contributed by atoms with Gasteiger partial charge in [0.25, 0.3) is 11.8 Å². The number of hydrogen-bond acceptors (Lipinski definition) is 2. The van der Waals surface area contributed by atoms with Crippen molar-refractivity contribution in [2.24, 2.45) is 5.92 Å². The van der Waals surface area contributed by atoms with E-state index in [9.17, 15) is 9.59 Å². The number of imide groups is 1. The third-order valence-corrected chi connectivity index (χ3v) is 0.632. The lowest BCUT2D eigenvalue weighted by Gasteiger charge is -1.80. The SMILES string of the molecule is CC(C)C.O=C1C=CC(=O)N1. The highest BCUT2D eigenvalue weighted by atomic mass is 16.2. The smallest absolute Gasteiger partial charge is 0.250 e. The molecule has 1 heterocycles. The Morgan fingerprint density at radius 1 is 1.09 bits per heavy atom. The molecule has 62 valence electrons. The lowest BCUT2D eigenvalue weighted by molar-refractivity contribution is -0.123. The molecule has 0 aromatic heterocycles. The van der Waals surface area contributed by atoms with Crippen LogP contribution in [0.5, 0.6) is 0 Å². The lowest BCUT2D eigenvalue weighted by atomic mass is 10.3. The predicted octanol–water partition coefficient (Wildman–Crippen LogP) is 0.861. The first-order valence-corrected chi connectivity index (χ1v) is 3.55. The largest absolute Gasteiger partial charge is 0.289 e. The van der Waals surface area contributed by atoms with Gasteiger partial charge in [0.2, 0.25) is 0 Å². The standard InChI is InChI=1S/C4H3NO2.C4H10/c6-3-1-2-4(7)5-3;1-4(2)3/h1-2H,(H,5,6,7);4H,1-3H3. The molecular weight excluding hydrogens is 142 g/mol. The van der Waals surface area contributed by atoms with Crippen molar-refractivity contribution in [2.45, 2.75) is 20.8 Å². The molecule has 0 unspecified atom stereocenters. The summed E-state index contributed by atoms with van der Waals surface area (Å²) in [5, 5.41) is 2.03. The van der Waals surface area contributed by atoms with Crippen LogP contribution in [0.3, 0.4) is 0 Å². The second-order valence-electron chi connectivity index (χ2n) is 2.92. The number of hydrogen-bond donors (Lipinski definition) is 1. The topological polar surface area (TPSA) is 46.2 Å². The second kappa shape index (κ2) is 4.66. The summed E-state index contributed by atoms with van der Waals surface area (Å²) in [4.78, 5) is 20.1. The van der Waals surface area contributed by atoms with E-state index in [1.807, 2.05) is 5.32 Å². The molecule has 0 spiro atoms. The van der Waals surface area contributed by atoms with Crippen molar-refractivity contribution in [2.75, 3.05) is 0 Å². The second-order valence-corrected chi connectivity index (χ2v) is 2.92.